The molecule has 1 unspecified atom stereocenters. The van der Waals surface area contributed by atoms with E-state index in [9.17, 15) is 9.90 Å². The van der Waals surface area contributed by atoms with Crippen LogP contribution in [0.1, 0.15) is 71.6 Å². The smallest absolute Gasteiger partial charge is 0.173 e. The predicted molar refractivity (Wildman–Crippen MR) is 131 cm³/mol. The van der Waals surface area contributed by atoms with Crippen molar-refractivity contribution in [3.8, 4) is 5.75 Å². The van der Waals surface area contributed by atoms with Gasteiger partial charge in [-0.15, -0.1) is 11.3 Å². The van der Waals surface area contributed by atoms with Gasteiger partial charge in [0.2, 0.25) is 0 Å². The molecule has 1 atom stereocenters. The van der Waals surface area contributed by atoms with Crippen LogP contribution in [0.4, 0.5) is 0 Å². The Hall–Kier alpha value is -1.69. The van der Waals surface area contributed by atoms with E-state index in [1.54, 1.807) is 11.3 Å². The van der Waals surface area contributed by atoms with Gasteiger partial charge in [-0.3, -0.25) is 4.79 Å². The highest BCUT2D eigenvalue weighted by molar-refractivity contribution is 7.12. The van der Waals surface area contributed by atoms with Crippen molar-refractivity contribution in [2.24, 2.45) is 17.6 Å². The minimum absolute atomic E-state index is 0.179. The van der Waals surface area contributed by atoms with Crippen molar-refractivity contribution in [2.75, 3.05) is 13.2 Å². The lowest BCUT2D eigenvalue weighted by Gasteiger charge is -2.16. The third-order valence-corrected chi connectivity index (χ3v) is 6.44. The highest BCUT2D eigenvalue weighted by Crippen LogP contribution is 2.30. The summed E-state index contributed by atoms with van der Waals surface area (Å²) in [7, 11) is 0. The Morgan fingerprint density at radius 1 is 1.10 bits per heavy atom. The number of aryl methyl sites for hydroxylation is 3. The largest absolute Gasteiger partial charge is 0.490 e. The third kappa shape index (κ3) is 7.44. The van der Waals surface area contributed by atoms with E-state index in [4.69, 9.17) is 10.5 Å². The molecule has 31 heavy (non-hydrogen) atoms. The normalized spacial score (nSPS) is 12.6. The van der Waals surface area contributed by atoms with Gasteiger partial charge in [0.05, 0.1) is 4.88 Å². The first-order valence-electron chi connectivity index (χ1n) is 11.4. The predicted octanol–water partition coefficient (Wildman–Crippen LogP) is 5.28. The van der Waals surface area contributed by atoms with Crippen molar-refractivity contribution in [3.63, 3.8) is 0 Å². The second kappa shape index (κ2) is 11.8. The fourth-order valence-electron chi connectivity index (χ4n) is 3.93. The SMILES string of the molecule is Cc1cc(CCC(=O)c2scc(CC(C)C)c2CC(C)C)cc(C)c1OCC(O)CN. The lowest BCUT2D eigenvalue weighted by atomic mass is 9.93. The molecule has 0 aliphatic rings. The zero-order valence-electron chi connectivity index (χ0n) is 20.0. The van der Waals surface area contributed by atoms with Crippen LogP contribution in [0.15, 0.2) is 17.5 Å². The Morgan fingerprint density at radius 2 is 1.71 bits per heavy atom. The number of hydrogen-bond donors (Lipinski definition) is 2. The molecule has 5 heteroatoms. The van der Waals surface area contributed by atoms with Crippen LogP contribution in [0.25, 0.3) is 0 Å². The van der Waals surface area contributed by atoms with E-state index in [0.29, 0.717) is 24.7 Å². The van der Waals surface area contributed by atoms with Crippen LogP contribution < -0.4 is 10.5 Å². The van der Waals surface area contributed by atoms with Crippen LogP contribution in [-0.2, 0) is 19.3 Å². The van der Waals surface area contributed by atoms with E-state index in [0.717, 1.165) is 40.2 Å². The summed E-state index contributed by atoms with van der Waals surface area (Å²) in [4.78, 5) is 14.1. The Morgan fingerprint density at radius 3 is 2.26 bits per heavy atom. The summed E-state index contributed by atoms with van der Waals surface area (Å²) >= 11 is 1.62. The van der Waals surface area contributed by atoms with Gasteiger partial charge in [0.15, 0.2) is 5.78 Å². The van der Waals surface area contributed by atoms with Crippen molar-refractivity contribution in [3.05, 3.63) is 50.2 Å². The molecule has 2 aromatic rings. The average Bonchev–Trinajstić information content (AvgIpc) is 3.06. The van der Waals surface area contributed by atoms with E-state index < -0.39 is 6.10 Å². The number of Topliss-reactive ketones (excluding diaryl/α,β-unsaturated/α-hetero) is 1. The van der Waals surface area contributed by atoms with Gasteiger partial charge in [0.1, 0.15) is 18.5 Å². The second-order valence-electron chi connectivity index (χ2n) is 9.45. The molecule has 0 spiro atoms. The molecule has 0 aliphatic heterocycles. The molecule has 1 aromatic heterocycles. The molecule has 0 amide bonds. The first kappa shape index (κ1) is 25.6. The molecule has 0 saturated carbocycles. The summed E-state index contributed by atoms with van der Waals surface area (Å²) in [5, 5.41) is 11.8. The number of hydrogen-bond acceptors (Lipinski definition) is 5. The highest BCUT2D eigenvalue weighted by Gasteiger charge is 2.19. The lowest BCUT2D eigenvalue weighted by Crippen LogP contribution is -2.26. The van der Waals surface area contributed by atoms with Gasteiger partial charge in [-0.2, -0.15) is 0 Å². The van der Waals surface area contributed by atoms with E-state index >= 15 is 0 Å². The third-order valence-electron chi connectivity index (χ3n) is 5.33. The Bertz CT molecular complexity index is 847. The van der Waals surface area contributed by atoms with Gasteiger partial charge >= 0.3 is 0 Å². The lowest BCUT2D eigenvalue weighted by molar-refractivity contribution is 0.0985. The Kier molecular flexibility index (Phi) is 9.73. The maximum Gasteiger partial charge on any atom is 0.173 e. The number of carbonyl (C=O) groups is 1. The number of thiophene rings is 1. The highest BCUT2D eigenvalue weighted by atomic mass is 32.1. The van der Waals surface area contributed by atoms with Crippen molar-refractivity contribution >= 4 is 17.1 Å². The second-order valence-corrected chi connectivity index (χ2v) is 10.3. The van der Waals surface area contributed by atoms with Crippen LogP contribution in [-0.4, -0.2) is 30.1 Å². The molecule has 0 saturated heterocycles. The van der Waals surface area contributed by atoms with E-state index in [2.05, 4.69) is 45.2 Å². The van der Waals surface area contributed by atoms with Gasteiger partial charge < -0.3 is 15.6 Å². The molecular weight excluding hydrogens is 406 g/mol. The quantitative estimate of drug-likeness (QED) is 0.436. The summed E-state index contributed by atoms with van der Waals surface area (Å²) in [6, 6.07) is 4.16. The molecule has 1 aromatic carbocycles. The van der Waals surface area contributed by atoms with Crippen LogP contribution in [0, 0.1) is 25.7 Å². The topological polar surface area (TPSA) is 72.5 Å². The first-order chi connectivity index (χ1) is 14.6. The molecule has 0 aliphatic carbocycles. The molecule has 172 valence electrons. The maximum absolute atomic E-state index is 13.1. The van der Waals surface area contributed by atoms with Crippen LogP contribution in [0.5, 0.6) is 5.75 Å². The van der Waals surface area contributed by atoms with Gasteiger partial charge in [-0.25, -0.2) is 0 Å². The standard InChI is InChI=1S/C26H39NO3S/c1-16(2)9-21-15-31-26(23(21)10-17(3)4)24(29)8-7-20-11-18(5)25(19(6)12-20)30-14-22(28)13-27/h11-12,15-17,22,28H,7-10,13-14,27H2,1-6H3. The minimum Gasteiger partial charge on any atom is -0.490 e. The van der Waals surface area contributed by atoms with E-state index in [1.165, 1.54) is 11.1 Å². The van der Waals surface area contributed by atoms with Crippen LogP contribution in [0.2, 0.25) is 0 Å². The van der Waals surface area contributed by atoms with Crippen molar-refractivity contribution in [1.82, 2.24) is 0 Å². The number of aliphatic hydroxyl groups is 1. The molecule has 2 rings (SSSR count). The number of ketones is 1. The summed E-state index contributed by atoms with van der Waals surface area (Å²) in [5.41, 5.74) is 11.2. The van der Waals surface area contributed by atoms with Crippen LogP contribution in [0.3, 0.4) is 0 Å². The first-order valence-corrected chi connectivity index (χ1v) is 12.2. The number of benzene rings is 1. The van der Waals surface area contributed by atoms with Gasteiger partial charge in [0, 0.05) is 13.0 Å². The summed E-state index contributed by atoms with van der Waals surface area (Å²) in [5.74, 6) is 2.15. The monoisotopic (exact) mass is 445 g/mol. The number of aliphatic hydroxyl groups excluding tert-OH is 1. The molecule has 0 radical (unpaired) electrons. The van der Waals surface area contributed by atoms with Crippen molar-refractivity contribution in [1.29, 1.82) is 0 Å². The van der Waals surface area contributed by atoms with Gasteiger partial charge in [-0.05, 0) is 78.1 Å². The Balaban J connectivity index is 2.11. The van der Waals surface area contributed by atoms with E-state index in [1.807, 2.05) is 13.8 Å². The molecule has 3 N–H and O–H groups in total. The van der Waals surface area contributed by atoms with E-state index in [-0.39, 0.29) is 18.9 Å². The number of rotatable bonds is 12. The molecule has 4 nitrogen and oxygen atoms in total. The minimum atomic E-state index is -0.664. The molecule has 0 bridgehead atoms. The molecule has 0 fully saturated rings. The zero-order valence-corrected chi connectivity index (χ0v) is 20.8. The van der Waals surface area contributed by atoms with Crippen molar-refractivity contribution < 1.29 is 14.6 Å². The van der Waals surface area contributed by atoms with Gasteiger partial charge in [-0.1, -0.05) is 39.8 Å². The number of nitrogens with two attached hydrogens (primary N) is 1. The number of ether oxygens (including phenoxy) is 1. The Labute approximate surface area is 191 Å². The molecular formula is C26H39NO3S. The van der Waals surface area contributed by atoms with Crippen molar-refractivity contribution in [2.45, 2.75) is 73.3 Å². The number of carbonyl (C=O) groups excluding carboxylic acids is 1. The van der Waals surface area contributed by atoms with Gasteiger partial charge in [0.25, 0.3) is 0 Å². The molecule has 1 heterocycles. The fourth-order valence-corrected chi connectivity index (χ4v) is 5.02. The maximum atomic E-state index is 13.1. The summed E-state index contributed by atoms with van der Waals surface area (Å²) in [6.07, 6.45) is 2.56. The zero-order chi connectivity index (χ0) is 23.1. The average molecular weight is 446 g/mol. The summed E-state index contributed by atoms with van der Waals surface area (Å²) < 4.78 is 5.76. The summed E-state index contributed by atoms with van der Waals surface area (Å²) in [6.45, 7) is 13.3. The van der Waals surface area contributed by atoms with Crippen LogP contribution >= 0.6 is 11.3 Å². The fraction of sp³-hybridized carbons (Fsp3) is 0.577.